The number of hydrogen-bond donors (Lipinski definition) is 0. The third kappa shape index (κ3) is 2.10. The molecule has 1 amide bonds. The van der Waals surface area contributed by atoms with E-state index < -0.39 is 0 Å². The summed E-state index contributed by atoms with van der Waals surface area (Å²) in [6.07, 6.45) is 7.32. The Bertz CT molecular complexity index is 225. The second-order valence-corrected chi connectivity index (χ2v) is 3.74. The van der Waals surface area contributed by atoms with Crippen LogP contribution in [0.1, 0.15) is 19.3 Å². The predicted molar refractivity (Wildman–Crippen MR) is 51.1 cm³/mol. The van der Waals surface area contributed by atoms with Gasteiger partial charge in [-0.3, -0.25) is 9.69 Å². The molecule has 3 nitrogen and oxygen atoms in total. The Balaban J connectivity index is 1.83. The molecular weight excluding hydrogens is 164 g/mol. The maximum absolute atomic E-state index is 11.3. The van der Waals surface area contributed by atoms with Gasteiger partial charge < -0.3 is 4.90 Å². The summed E-state index contributed by atoms with van der Waals surface area (Å²) in [5.41, 5.74) is 0. The highest BCUT2D eigenvalue weighted by molar-refractivity contribution is 5.77. The first-order chi connectivity index (χ1) is 6.36. The summed E-state index contributed by atoms with van der Waals surface area (Å²) in [5, 5.41) is 0. The van der Waals surface area contributed by atoms with Crippen LogP contribution < -0.4 is 0 Å². The Morgan fingerprint density at radius 1 is 1.31 bits per heavy atom. The molecule has 2 heterocycles. The quantitative estimate of drug-likeness (QED) is 0.588. The minimum atomic E-state index is 0.328. The normalized spacial score (nSPS) is 24.3. The van der Waals surface area contributed by atoms with E-state index in [-0.39, 0.29) is 0 Å². The fraction of sp³-hybridized carbons (Fsp3) is 0.700. The summed E-state index contributed by atoms with van der Waals surface area (Å²) in [7, 11) is 0. The largest absolute Gasteiger partial charge is 0.330 e. The van der Waals surface area contributed by atoms with E-state index in [9.17, 15) is 4.79 Å². The van der Waals surface area contributed by atoms with Crippen molar-refractivity contribution in [2.75, 3.05) is 26.3 Å². The summed E-state index contributed by atoms with van der Waals surface area (Å²) in [4.78, 5) is 15.6. The smallest absolute Gasteiger partial charge is 0.223 e. The van der Waals surface area contributed by atoms with E-state index >= 15 is 0 Å². The van der Waals surface area contributed by atoms with Crippen molar-refractivity contribution in [2.24, 2.45) is 0 Å². The van der Waals surface area contributed by atoms with Crippen LogP contribution in [0, 0.1) is 0 Å². The molecule has 1 fully saturated rings. The molecule has 0 radical (unpaired) electrons. The lowest BCUT2D eigenvalue weighted by atomic mass is 10.3. The van der Waals surface area contributed by atoms with E-state index in [1.54, 1.807) is 0 Å². The molecule has 0 aliphatic carbocycles. The van der Waals surface area contributed by atoms with Gasteiger partial charge in [0.15, 0.2) is 0 Å². The lowest BCUT2D eigenvalue weighted by Crippen LogP contribution is -2.40. The molecule has 2 aliphatic rings. The highest BCUT2D eigenvalue weighted by Crippen LogP contribution is 2.11. The monoisotopic (exact) mass is 180 g/mol. The van der Waals surface area contributed by atoms with Gasteiger partial charge in [-0.05, 0) is 12.8 Å². The van der Waals surface area contributed by atoms with Crippen LogP contribution in [0.15, 0.2) is 12.2 Å². The van der Waals surface area contributed by atoms with Gasteiger partial charge in [0, 0.05) is 26.1 Å². The van der Waals surface area contributed by atoms with Crippen LogP contribution in [0.3, 0.4) is 0 Å². The fourth-order valence-electron chi connectivity index (χ4n) is 1.91. The second kappa shape index (κ2) is 3.92. The molecule has 0 bridgehead atoms. The summed E-state index contributed by atoms with van der Waals surface area (Å²) in [5.74, 6) is 0.328. The van der Waals surface area contributed by atoms with Gasteiger partial charge in [-0.2, -0.15) is 0 Å². The number of likely N-dealkylation sites (tertiary alicyclic amines) is 1. The van der Waals surface area contributed by atoms with Gasteiger partial charge >= 0.3 is 0 Å². The summed E-state index contributed by atoms with van der Waals surface area (Å²) in [6.45, 7) is 3.90. The maximum Gasteiger partial charge on any atom is 0.223 e. The Morgan fingerprint density at radius 2 is 2.23 bits per heavy atom. The first-order valence-electron chi connectivity index (χ1n) is 5.01. The Labute approximate surface area is 79.0 Å². The molecule has 0 unspecified atom stereocenters. The van der Waals surface area contributed by atoms with Crippen LogP contribution in [-0.2, 0) is 4.79 Å². The number of rotatable bonds is 2. The second-order valence-electron chi connectivity index (χ2n) is 3.74. The van der Waals surface area contributed by atoms with Crippen LogP contribution in [0.25, 0.3) is 0 Å². The van der Waals surface area contributed by atoms with Crippen LogP contribution >= 0.6 is 0 Å². The molecule has 0 N–H and O–H groups in total. The molecule has 0 saturated carbocycles. The van der Waals surface area contributed by atoms with Gasteiger partial charge in [-0.1, -0.05) is 12.2 Å². The maximum atomic E-state index is 11.3. The highest BCUT2D eigenvalue weighted by Gasteiger charge is 2.21. The zero-order valence-corrected chi connectivity index (χ0v) is 7.91. The van der Waals surface area contributed by atoms with Crippen molar-refractivity contribution in [3.8, 4) is 0 Å². The third-order valence-electron chi connectivity index (χ3n) is 2.68. The number of amides is 1. The lowest BCUT2D eigenvalue weighted by molar-refractivity contribution is -0.129. The zero-order chi connectivity index (χ0) is 9.10. The van der Waals surface area contributed by atoms with E-state index in [0.29, 0.717) is 5.91 Å². The molecule has 2 aliphatic heterocycles. The number of carbonyl (C=O) groups excluding carboxylic acids is 1. The molecule has 0 aromatic carbocycles. The van der Waals surface area contributed by atoms with E-state index in [0.717, 1.165) is 45.6 Å². The molecule has 72 valence electrons. The Morgan fingerprint density at radius 3 is 2.85 bits per heavy atom. The molecule has 0 aromatic rings. The van der Waals surface area contributed by atoms with E-state index in [2.05, 4.69) is 17.1 Å². The number of hydrogen-bond acceptors (Lipinski definition) is 2. The molecule has 1 saturated heterocycles. The van der Waals surface area contributed by atoms with E-state index in [1.807, 2.05) is 4.90 Å². The van der Waals surface area contributed by atoms with Crippen molar-refractivity contribution >= 4 is 5.91 Å². The van der Waals surface area contributed by atoms with Crippen molar-refractivity contribution in [1.82, 2.24) is 9.80 Å². The van der Waals surface area contributed by atoms with Crippen molar-refractivity contribution < 1.29 is 4.79 Å². The molecule has 2 rings (SSSR count). The Hall–Kier alpha value is -0.830. The molecular formula is C10H16N2O. The summed E-state index contributed by atoms with van der Waals surface area (Å²) >= 11 is 0. The third-order valence-corrected chi connectivity index (χ3v) is 2.68. The van der Waals surface area contributed by atoms with Crippen molar-refractivity contribution in [3.05, 3.63) is 12.2 Å². The molecule has 0 spiro atoms. The van der Waals surface area contributed by atoms with Crippen LogP contribution in [0.4, 0.5) is 0 Å². The predicted octanol–water partition coefficient (Wildman–Crippen LogP) is 0.828. The van der Waals surface area contributed by atoms with Crippen LogP contribution in [-0.4, -0.2) is 42.0 Å². The first kappa shape index (κ1) is 8.75. The van der Waals surface area contributed by atoms with Gasteiger partial charge in [-0.15, -0.1) is 0 Å². The molecule has 0 atom stereocenters. The summed E-state index contributed by atoms with van der Waals surface area (Å²) in [6, 6.07) is 0. The van der Waals surface area contributed by atoms with Crippen molar-refractivity contribution in [3.63, 3.8) is 0 Å². The number of nitrogens with zero attached hydrogens (tertiary/aromatic N) is 2. The van der Waals surface area contributed by atoms with Gasteiger partial charge in [0.2, 0.25) is 5.91 Å². The Kier molecular flexibility index (Phi) is 2.64. The minimum absolute atomic E-state index is 0.328. The minimum Gasteiger partial charge on any atom is -0.330 e. The fourth-order valence-corrected chi connectivity index (χ4v) is 1.91. The van der Waals surface area contributed by atoms with Gasteiger partial charge in [0.05, 0.1) is 6.67 Å². The van der Waals surface area contributed by atoms with E-state index in [1.165, 1.54) is 0 Å². The van der Waals surface area contributed by atoms with Crippen LogP contribution in [0.2, 0.25) is 0 Å². The van der Waals surface area contributed by atoms with Gasteiger partial charge in [-0.25, -0.2) is 0 Å². The van der Waals surface area contributed by atoms with Gasteiger partial charge in [0.25, 0.3) is 0 Å². The molecule has 13 heavy (non-hydrogen) atoms. The topological polar surface area (TPSA) is 23.6 Å². The van der Waals surface area contributed by atoms with Crippen LogP contribution in [0.5, 0.6) is 0 Å². The average Bonchev–Trinajstić information content (AvgIpc) is 2.54. The standard InChI is InChI=1S/C10H16N2O/c13-10-5-4-8-12(10)9-11-6-2-1-3-7-11/h1-2H,3-9H2. The number of carbonyl (C=O) groups is 1. The molecule has 0 aromatic heterocycles. The SMILES string of the molecule is O=C1CCCN1CN1CC=CCC1. The zero-order valence-electron chi connectivity index (χ0n) is 7.91. The lowest BCUT2D eigenvalue weighted by Gasteiger charge is -2.28. The first-order valence-corrected chi connectivity index (χ1v) is 5.01. The average molecular weight is 180 g/mol. The van der Waals surface area contributed by atoms with Gasteiger partial charge in [0.1, 0.15) is 0 Å². The highest BCUT2D eigenvalue weighted by atomic mass is 16.2. The summed E-state index contributed by atoms with van der Waals surface area (Å²) < 4.78 is 0. The van der Waals surface area contributed by atoms with Crippen molar-refractivity contribution in [2.45, 2.75) is 19.3 Å². The molecule has 3 heteroatoms. The van der Waals surface area contributed by atoms with E-state index in [4.69, 9.17) is 0 Å². The van der Waals surface area contributed by atoms with Crippen molar-refractivity contribution in [1.29, 1.82) is 0 Å².